The highest BCUT2D eigenvalue weighted by molar-refractivity contribution is 5.84. The van der Waals surface area contributed by atoms with Crippen LogP contribution in [0.4, 0.5) is 0 Å². The van der Waals surface area contributed by atoms with Gasteiger partial charge in [0.2, 0.25) is 5.91 Å². The van der Waals surface area contributed by atoms with E-state index in [2.05, 4.69) is 36.8 Å². The number of hydrogen-bond acceptors (Lipinski definition) is 3. The zero-order valence-corrected chi connectivity index (χ0v) is 14.7. The van der Waals surface area contributed by atoms with Crippen LogP contribution in [0.3, 0.4) is 0 Å². The summed E-state index contributed by atoms with van der Waals surface area (Å²) in [6.07, 6.45) is 6.50. The number of amides is 1. The number of carbonyl (C=O) groups excluding carboxylic acids is 1. The van der Waals surface area contributed by atoms with Gasteiger partial charge < -0.3 is 4.90 Å². The van der Waals surface area contributed by atoms with Crippen LogP contribution < -0.4 is 0 Å². The van der Waals surface area contributed by atoms with Gasteiger partial charge in [-0.1, -0.05) is 12.1 Å². The van der Waals surface area contributed by atoms with Gasteiger partial charge in [0.1, 0.15) is 0 Å². The molecule has 0 saturated heterocycles. The van der Waals surface area contributed by atoms with E-state index in [4.69, 9.17) is 0 Å². The first-order valence-corrected chi connectivity index (χ1v) is 8.62. The van der Waals surface area contributed by atoms with E-state index in [9.17, 15) is 4.79 Å². The topological polar surface area (TPSA) is 46.1 Å². The first-order valence-electron chi connectivity index (χ1n) is 8.62. The smallest absolute Gasteiger partial charge is 0.232 e. The molecule has 24 heavy (non-hydrogen) atoms. The van der Waals surface area contributed by atoms with Crippen molar-refractivity contribution in [1.82, 2.24) is 14.9 Å². The minimum Gasteiger partial charge on any atom is -0.331 e. The van der Waals surface area contributed by atoms with Gasteiger partial charge in [-0.05, 0) is 63.8 Å². The highest BCUT2D eigenvalue weighted by Crippen LogP contribution is 2.33. The van der Waals surface area contributed by atoms with Crippen molar-refractivity contribution < 1.29 is 4.79 Å². The summed E-state index contributed by atoms with van der Waals surface area (Å²) in [5.41, 5.74) is 2.83. The average Bonchev–Trinajstić information content (AvgIpc) is 2.58. The second-order valence-corrected chi connectivity index (χ2v) is 7.41. The third kappa shape index (κ3) is 3.48. The number of hydrogen-bond donors (Lipinski definition) is 0. The van der Waals surface area contributed by atoms with Crippen LogP contribution in [-0.2, 0) is 17.8 Å². The highest BCUT2D eigenvalue weighted by Gasteiger charge is 2.35. The number of nitrogens with zero attached hydrogens (tertiary/aromatic N) is 3. The Morgan fingerprint density at radius 1 is 1.17 bits per heavy atom. The maximum Gasteiger partial charge on any atom is 0.232 e. The largest absolute Gasteiger partial charge is 0.331 e. The van der Waals surface area contributed by atoms with Gasteiger partial charge in [-0.15, -0.1) is 0 Å². The molecule has 4 heteroatoms. The summed E-state index contributed by atoms with van der Waals surface area (Å²) in [6.45, 7) is 6.77. The van der Waals surface area contributed by atoms with E-state index in [-0.39, 0.29) is 17.4 Å². The Morgan fingerprint density at radius 2 is 1.96 bits per heavy atom. The van der Waals surface area contributed by atoms with E-state index in [1.807, 2.05) is 29.2 Å². The number of aryl methyl sites for hydroxylation is 1. The Hall–Kier alpha value is -2.23. The SMILES string of the molecule is CC(C)(C)N(Cc1ccccn1)C(=O)C1CCCc2cccnc21. The lowest BCUT2D eigenvalue weighted by Gasteiger charge is -2.39. The quantitative estimate of drug-likeness (QED) is 0.865. The summed E-state index contributed by atoms with van der Waals surface area (Å²) in [6, 6.07) is 9.89. The molecule has 1 aliphatic carbocycles. The molecule has 2 aromatic rings. The fraction of sp³-hybridized carbons (Fsp3) is 0.450. The van der Waals surface area contributed by atoms with Crippen LogP contribution in [0.5, 0.6) is 0 Å². The molecule has 1 unspecified atom stereocenters. The molecule has 126 valence electrons. The molecule has 2 aromatic heterocycles. The molecule has 3 rings (SSSR count). The first-order chi connectivity index (χ1) is 11.5. The van der Waals surface area contributed by atoms with Crippen LogP contribution in [0.15, 0.2) is 42.7 Å². The third-order valence-electron chi connectivity index (χ3n) is 4.62. The van der Waals surface area contributed by atoms with E-state index in [1.165, 1.54) is 5.56 Å². The number of aromatic nitrogens is 2. The molecular formula is C20H25N3O. The summed E-state index contributed by atoms with van der Waals surface area (Å²) >= 11 is 0. The normalized spacial score (nSPS) is 17.2. The van der Waals surface area contributed by atoms with Crippen LogP contribution in [0.1, 0.15) is 56.5 Å². The van der Waals surface area contributed by atoms with Crippen LogP contribution in [0.2, 0.25) is 0 Å². The van der Waals surface area contributed by atoms with Gasteiger partial charge in [-0.25, -0.2) is 0 Å². The molecule has 1 amide bonds. The first kappa shape index (κ1) is 16.6. The average molecular weight is 323 g/mol. The molecule has 4 nitrogen and oxygen atoms in total. The van der Waals surface area contributed by atoms with Gasteiger partial charge in [0.25, 0.3) is 0 Å². The van der Waals surface area contributed by atoms with Crippen molar-refractivity contribution in [2.75, 3.05) is 0 Å². The Kier molecular flexibility index (Phi) is 4.65. The minimum absolute atomic E-state index is 0.141. The molecule has 0 aromatic carbocycles. The molecule has 0 spiro atoms. The maximum absolute atomic E-state index is 13.4. The van der Waals surface area contributed by atoms with Crippen LogP contribution >= 0.6 is 0 Å². The van der Waals surface area contributed by atoms with E-state index in [0.717, 1.165) is 30.7 Å². The molecule has 0 bridgehead atoms. The van der Waals surface area contributed by atoms with E-state index >= 15 is 0 Å². The van der Waals surface area contributed by atoms with Gasteiger partial charge >= 0.3 is 0 Å². The molecule has 1 aliphatic rings. The van der Waals surface area contributed by atoms with Crippen LogP contribution in [-0.4, -0.2) is 26.3 Å². The Bertz CT molecular complexity index is 706. The maximum atomic E-state index is 13.4. The van der Waals surface area contributed by atoms with Gasteiger partial charge in [0.15, 0.2) is 0 Å². The standard InChI is InChI=1S/C20H25N3O/c1-20(2,3)23(14-16-10-4-5-12-21-16)19(24)17-11-6-8-15-9-7-13-22-18(15)17/h4-5,7,9-10,12-13,17H,6,8,11,14H2,1-3H3. The predicted molar refractivity (Wildman–Crippen MR) is 94.5 cm³/mol. The number of fused-ring (bicyclic) bond motifs is 1. The molecule has 2 heterocycles. The van der Waals surface area contributed by atoms with Crippen molar-refractivity contribution in [2.24, 2.45) is 0 Å². The zero-order chi connectivity index (χ0) is 17.2. The summed E-state index contributed by atoms with van der Waals surface area (Å²) in [5.74, 6) is 0.0192. The van der Waals surface area contributed by atoms with Gasteiger partial charge in [-0.2, -0.15) is 0 Å². The van der Waals surface area contributed by atoms with Gasteiger partial charge in [-0.3, -0.25) is 14.8 Å². The number of rotatable bonds is 3. The van der Waals surface area contributed by atoms with E-state index < -0.39 is 0 Å². The zero-order valence-electron chi connectivity index (χ0n) is 14.7. The molecule has 0 N–H and O–H groups in total. The second-order valence-electron chi connectivity index (χ2n) is 7.41. The van der Waals surface area contributed by atoms with Crippen molar-refractivity contribution >= 4 is 5.91 Å². The predicted octanol–water partition coefficient (Wildman–Crippen LogP) is 3.72. The van der Waals surface area contributed by atoms with Crippen LogP contribution in [0.25, 0.3) is 0 Å². The van der Waals surface area contributed by atoms with Crippen molar-refractivity contribution in [3.05, 3.63) is 59.7 Å². The molecule has 0 fully saturated rings. The summed E-state index contributed by atoms with van der Waals surface area (Å²) in [5, 5.41) is 0. The molecule has 0 aliphatic heterocycles. The fourth-order valence-electron chi connectivity index (χ4n) is 3.34. The lowest BCUT2D eigenvalue weighted by Crippen LogP contribution is -2.47. The lowest BCUT2D eigenvalue weighted by molar-refractivity contribution is -0.139. The van der Waals surface area contributed by atoms with Crippen molar-refractivity contribution in [3.8, 4) is 0 Å². The molecule has 1 atom stereocenters. The summed E-state index contributed by atoms with van der Waals surface area (Å²) in [7, 11) is 0. The van der Waals surface area contributed by atoms with E-state index in [1.54, 1.807) is 12.4 Å². The van der Waals surface area contributed by atoms with Crippen molar-refractivity contribution in [2.45, 2.75) is 58.0 Å². The number of carbonyl (C=O) groups is 1. The second kappa shape index (κ2) is 6.71. The minimum atomic E-state index is -0.263. The molecule has 0 radical (unpaired) electrons. The molecule has 0 saturated carbocycles. The van der Waals surface area contributed by atoms with E-state index in [0.29, 0.717) is 6.54 Å². The third-order valence-corrected chi connectivity index (χ3v) is 4.62. The fourth-order valence-corrected chi connectivity index (χ4v) is 3.34. The Balaban J connectivity index is 1.90. The number of pyridine rings is 2. The van der Waals surface area contributed by atoms with Crippen molar-refractivity contribution in [3.63, 3.8) is 0 Å². The monoisotopic (exact) mass is 323 g/mol. The highest BCUT2D eigenvalue weighted by atomic mass is 16.2. The molecular weight excluding hydrogens is 298 g/mol. The lowest BCUT2D eigenvalue weighted by atomic mass is 9.85. The van der Waals surface area contributed by atoms with Crippen molar-refractivity contribution in [1.29, 1.82) is 0 Å². The Labute approximate surface area is 143 Å². The van der Waals surface area contributed by atoms with Gasteiger partial charge in [0.05, 0.1) is 23.9 Å². The Morgan fingerprint density at radius 3 is 2.67 bits per heavy atom. The summed E-state index contributed by atoms with van der Waals surface area (Å²) < 4.78 is 0. The van der Waals surface area contributed by atoms with Gasteiger partial charge in [0, 0.05) is 17.9 Å². The summed E-state index contributed by atoms with van der Waals surface area (Å²) in [4.78, 5) is 24.2. The van der Waals surface area contributed by atoms with Crippen LogP contribution in [0, 0.1) is 0 Å².